The number of ether oxygens (including phenoxy) is 2. The van der Waals surface area contributed by atoms with Gasteiger partial charge in [-0.05, 0) is 43.2 Å². The number of hydrogen-bond donors (Lipinski definition) is 0. The average Bonchev–Trinajstić information content (AvgIpc) is 3.32. The second-order valence-corrected chi connectivity index (χ2v) is 8.32. The van der Waals surface area contributed by atoms with Crippen LogP contribution in [-0.2, 0) is 22.6 Å². The van der Waals surface area contributed by atoms with E-state index in [0.29, 0.717) is 11.5 Å². The van der Waals surface area contributed by atoms with Gasteiger partial charge in [0, 0.05) is 27.7 Å². The lowest BCUT2D eigenvalue weighted by atomic mass is 10.1. The molecule has 1 aromatic heterocycles. The molecule has 0 N–H and O–H groups in total. The number of fused-ring (bicyclic) bond motifs is 4. The molecule has 5 nitrogen and oxygen atoms in total. The number of para-hydroxylation sites is 2. The number of thiophene rings is 1. The second-order valence-electron chi connectivity index (χ2n) is 7.27. The predicted molar refractivity (Wildman–Crippen MR) is 111 cm³/mol. The quantitative estimate of drug-likeness (QED) is 0.605. The number of rotatable bonds is 3. The van der Waals surface area contributed by atoms with Crippen molar-refractivity contribution >= 4 is 28.9 Å². The van der Waals surface area contributed by atoms with Crippen LogP contribution in [0, 0.1) is 0 Å². The molecule has 3 heterocycles. The Morgan fingerprint density at radius 1 is 1.14 bits per heavy atom. The highest BCUT2D eigenvalue weighted by Gasteiger charge is 2.31. The summed E-state index contributed by atoms with van der Waals surface area (Å²) in [5.74, 6) is 0.139. The molecule has 1 amide bonds. The van der Waals surface area contributed by atoms with E-state index in [1.54, 1.807) is 11.0 Å². The molecule has 0 saturated heterocycles. The van der Waals surface area contributed by atoms with Crippen LogP contribution in [0.2, 0.25) is 0 Å². The third-order valence-corrected chi connectivity index (χ3v) is 6.52. The van der Waals surface area contributed by atoms with Crippen molar-refractivity contribution < 1.29 is 19.1 Å². The fourth-order valence-electron chi connectivity index (χ4n) is 4.01. The first kappa shape index (κ1) is 17.9. The highest BCUT2D eigenvalue weighted by molar-refractivity contribution is 7.17. The molecule has 0 saturated carbocycles. The van der Waals surface area contributed by atoms with Gasteiger partial charge in [-0.2, -0.15) is 0 Å². The van der Waals surface area contributed by atoms with Crippen LogP contribution in [0.25, 0.3) is 10.4 Å². The van der Waals surface area contributed by atoms with Crippen molar-refractivity contribution in [3.05, 3.63) is 70.6 Å². The van der Waals surface area contributed by atoms with Crippen LogP contribution < -0.4 is 9.64 Å². The summed E-state index contributed by atoms with van der Waals surface area (Å²) in [5.41, 5.74) is 4.00. The summed E-state index contributed by atoms with van der Waals surface area (Å²) < 4.78 is 11.1. The lowest BCUT2D eigenvalue weighted by Gasteiger charge is -2.22. The summed E-state index contributed by atoms with van der Waals surface area (Å²) in [6, 6.07) is 17.5. The standard InChI is InChI=1S/C23H19NO4S/c1-14-10-15-6-2-4-8-18(15)24(14)21(25)13-28-23(26)20-11-16-12-27-19-9-5-3-7-17(19)22(16)29-20/h2-9,11,14H,10,12-13H2,1H3. The minimum atomic E-state index is -0.477. The van der Waals surface area contributed by atoms with Crippen molar-refractivity contribution in [3.8, 4) is 16.2 Å². The molecule has 29 heavy (non-hydrogen) atoms. The molecular formula is C23H19NO4S. The van der Waals surface area contributed by atoms with Gasteiger partial charge in [-0.25, -0.2) is 4.79 Å². The normalized spacial score (nSPS) is 16.4. The summed E-state index contributed by atoms with van der Waals surface area (Å²) in [4.78, 5) is 28.6. The molecule has 0 radical (unpaired) electrons. The molecule has 0 aliphatic carbocycles. The van der Waals surface area contributed by atoms with Crippen molar-refractivity contribution in [2.75, 3.05) is 11.5 Å². The molecule has 3 aromatic rings. The van der Waals surface area contributed by atoms with Gasteiger partial charge in [-0.1, -0.05) is 30.3 Å². The summed E-state index contributed by atoms with van der Waals surface area (Å²) in [6.45, 7) is 2.16. The summed E-state index contributed by atoms with van der Waals surface area (Å²) in [5, 5.41) is 0. The Hall–Kier alpha value is -3.12. The van der Waals surface area contributed by atoms with Gasteiger partial charge in [0.05, 0.1) is 0 Å². The smallest absolute Gasteiger partial charge is 0.348 e. The monoisotopic (exact) mass is 405 g/mol. The molecule has 0 fully saturated rings. The first-order valence-electron chi connectivity index (χ1n) is 9.54. The first-order valence-corrected chi connectivity index (χ1v) is 10.4. The van der Waals surface area contributed by atoms with Gasteiger partial charge >= 0.3 is 5.97 Å². The van der Waals surface area contributed by atoms with Crippen LogP contribution in [0.4, 0.5) is 5.69 Å². The molecule has 0 bridgehead atoms. The Kier molecular flexibility index (Phi) is 4.36. The zero-order valence-corrected chi connectivity index (χ0v) is 16.7. The molecular weight excluding hydrogens is 386 g/mol. The number of hydrogen-bond acceptors (Lipinski definition) is 5. The van der Waals surface area contributed by atoms with Crippen LogP contribution in [0.5, 0.6) is 5.75 Å². The number of nitrogens with zero attached hydrogens (tertiary/aromatic N) is 1. The predicted octanol–water partition coefficient (Wildman–Crippen LogP) is 4.44. The van der Waals surface area contributed by atoms with Gasteiger partial charge in [0.15, 0.2) is 6.61 Å². The van der Waals surface area contributed by atoms with Crippen LogP contribution in [0.3, 0.4) is 0 Å². The first-order chi connectivity index (χ1) is 14.1. The van der Waals surface area contributed by atoms with E-state index < -0.39 is 5.97 Å². The Balaban J connectivity index is 1.30. The summed E-state index contributed by atoms with van der Waals surface area (Å²) >= 11 is 1.38. The van der Waals surface area contributed by atoms with E-state index in [1.807, 2.05) is 55.5 Å². The van der Waals surface area contributed by atoms with E-state index in [4.69, 9.17) is 9.47 Å². The third kappa shape index (κ3) is 3.09. The molecule has 1 atom stereocenters. The molecule has 2 aliphatic heterocycles. The SMILES string of the molecule is CC1Cc2ccccc2N1C(=O)COC(=O)c1cc2c(s1)-c1ccccc1OC2. The molecule has 0 spiro atoms. The lowest BCUT2D eigenvalue weighted by Crippen LogP contribution is -2.38. The van der Waals surface area contributed by atoms with Crippen molar-refractivity contribution in [1.82, 2.24) is 0 Å². The molecule has 2 aromatic carbocycles. The van der Waals surface area contributed by atoms with Crippen molar-refractivity contribution in [1.29, 1.82) is 0 Å². The Labute approximate surface area is 172 Å². The van der Waals surface area contributed by atoms with Crippen LogP contribution in [-0.4, -0.2) is 24.5 Å². The number of carbonyl (C=O) groups excluding carboxylic acids is 2. The van der Waals surface area contributed by atoms with E-state index in [0.717, 1.165) is 39.4 Å². The number of benzene rings is 2. The van der Waals surface area contributed by atoms with Gasteiger partial charge in [-0.3, -0.25) is 4.79 Å². The molecule has 146 valence electrons. The Morgan fingerprint density at radius 2 is 1.93 bits per heavy atom. The largest absolute Gasteiger partial charge is 0.488 e. The third-order valence-electron chi connectivity index (χ3n) is 5.33. The molecule has 2 aliphatic rings. The van der Waals surface area contributed by atoms with E-state index in [9.17, 15) is 9.59 Å². The second kappa shape index (κ2) is 7.04. The Morgan fingerprint density at radius 3 is 2.83 bits per heavy atom. The maximum atomic E-state index is 12.7. The fourth-order valence-corrected chi connectivity index (χ4v) is 5.10. The minimum absolute atomic E-state index is 0.0568. The number of carbonyl (C=O) groups is 2. The zero-order chi connectivity index (χ0) is 20.0. The van der Waals surface area contributed by atoms with E-state index in [2.05, 4.69) is 0 Å². The van der Waals surface area contributed by atoms with Crippen LogP contribution in [0.15, 0.2) is 54.6 Å². The molecule has 1 unspecified atom stereocenters. The van der Waals surface area contributed by atoms with Crippen molar-refractivity contribution in [3.63, 3.8) is 0 Å². The number of anilines is 1. The van der Waals surface area contributed by atoms with E-state index in [1.165, 1.54) is 11.3 Å². The van der Waals surface area contributed by atoms with Gasteiger partial charge in [-0.15, -0.1) is 11.3 Å². The topological polar surface area (TPSA) is 55.8 Å². The molecule has 5 rings (SSSR count). The summed E-state index contributed by atoms with van der Waals surface area (Å²) in [6.07, 6.45) is 0.812. The molecule has 6 heteroatoms. The van der Waals surface area contributed by atoms with Gasteiger partial charge in [0.25, 0.3) is 5.91 Å². The maximum Gasteiger partial charge on any atom is 0.348 e. The van der Waals surface area contributed by atoms with Crippen molar-refractivity contribution in [2.24, 2.45) is 0 Å². The van der Waals surface area contributed by atoms with Gasteiger partial charge in [0.2, 0.25) is 0 Å². The van der Waals surface area contributed by atoms with Crippen molar-refractivity contribution in [2.45, 2.75) is 26.0 Å². The maximum absolute atomic E-state index is 12.7. The van der Waals surface area contributed by atoms with Crippen LogP contribution >= 0.6 is 11.3 Å². The Bertz CT molecular complexity index is 1120. The van der Waals surface area contributed by atoms with Crippen LogP contribution in [0.1, 0.15) is 27.7 Å². The number of esters is 1. The minimum Gasteiger partial charge on any atom is -0.488 e. The zero-order valence-electron chi connectivity index (χ0n) is 15.9. The highest BCUT2D eigenvalue weighted by atomic mass is 32.1. The van der Waals surface area contributed by atoms with Gasteiger partial charge < -0.3 is 14.4 Å². The summed E-state index contributed by atoms with van der Waals surface area (Å²) in [7, 11) is 0. The van der Waals surface area contributed by atoms with Gasteiger partial charge in [0.1, 0.15) is 17.2 Å². The number of amides is 1. The fraction of sp³-hybridized carbons (Fsp3) is 0.217. The lowest BCUT2D eigenvalue weighted by molar-refractivity contribution is -0.122. The highest BCUT2D eigenvalue weighted by Crippen LogP contribution is 2.42. The average molecular weight is 405 g/mol. The van der Waals surface area contributed by atoms with E-state index in [-0.39, 0.29) is 18.6 Å². The van der Waals surface area contributed by atoms with E-state index >= 15 is 0 Å².